The SMILES string of the molecule is COc1ccc(-c2nn(-c3ccccc3)cc2C=C(C#N)C(=O)NC2CCCC2)cc1. The second kappa shape index (κ2) is 9.31. The van der Waals surface area contributed by atoms with E-state index in [-0.39, 0.29) is 17.5 Å². The van der Waals surface area contributed by atoms with E-state index in [4.69, 9.17) is 9.84 Å². The second-order valence-corrected chi connectivity index (χ2v) is 7.57. The fraction of sp³-hybridized carbons (Fsp3) is 0.240. The van der Waals surface area contributed by atoms with E-state index in [0.717, 1.165) is 42.7 Å². The van der Waals surface area contributed by atoms with E-state index in [1.54, 1.807) is 17.9 Å². The molecule has 1 heterocycles. The number of nitriles is 1. The predicted octanol–water partition coefficient (Wildman–Crippen LogP) is 4.51. The summed E-state index contributed by atoms with van der Waals surface area (Å²) in [6.07, 6.45) is 7.62. The van der Waals surface area contributed by atoms with E-state index >= 15 is 0 Å². The number of benzene rings is 2. The zero-order valence-corrected chi connectivity index (χ0v) is 17.4. The van der Waals surface area contributed by atoms with Crippen molar-refractivity contribution in [1.29, 1.82) is 5.26 Å². The van der Waals surface area contributed by atoms with Crippen LogP contribution in [-0.2, 0) is 4.79 Å². The van der Waals surface area contributed by atoms with Crippen molar-refractivity contribution in [2.45, 2.75) is 31.7 Å². The molecule has 2 aromatic carbocycles. The zero-order valence-electron chi connectivity index (χ0n) is 17.4. The van der Waals surface area contributed by atoms with Crippen molar-refractivity contribution in [3.63, 3.8) is 0 Å². The van der Waals surface area contributed by atoms with Crippen LogP contribution in [0, 0.1) is 11.3 Å². The summed E-state index contributed by atoms with van der Waals surface area (Å²) in [6.45, 7) is 0. The van der Waals surface area contributed by atoms with Gasteiger partial charge in [0, 0.05) is 23.4 Å². The molecule has 1 N–H and O–H groups in total. The van der Waals surface area contributed by atoms with Crippen molar-refractivity contribution in [3.8, 4) is 28.8 Å². The third kappa shape index (κ3) is 4.67. The minimum absolute atomic E-state index is 0.0780. The fourth-order valence-corrected chi connectivity index (χ4v) is 3.82. The molecule has 0 unspecified atom stereocenters. The minimum Gasteiger partial charge on any atom is -0.497 e. The van der Waals surface area contributed by atoms with E-state index in [2.05, 4.69) is 11.4 Å². The fourth-order valence-electron chi connectivity index (χ4n) is 3.82. The third-order valence-corrected chi connectivity index (χ3v) is 5.48. The molecular formula is C25H24N4O2. The first-order chi connectivity index (χ1) is 15.2. The number of methoxy groups -OCH3 is 1. The first-order valence-corrected chi connectivity index (χ1v) is 10.4. The summed E-state index contributed by atoms with van der Waals surface area (Å²) in [5.41, 5.74) is 3.23. The Morgan fingerprint density at radius 2 is 1.87 bits per heavy atom. The van der Waals surface area contributed by atoms with Gasteiger partial charge in [0.2, 0.25) is 0 Å². The Morgan fingerprint density at radius 1 is 1.16 bits per heavy atom. The smallest absolute Gasteiger partial charge is 0.262 e. The molecule has 1 saturated carbocycles. The summed E-state index contributed by atoms with van der Waals surface area (Å²) in [6, 6.07) is 19.5. The monoisotopic (exact) mass is 412 g/mol. The predicted molar refractivity (Wildman–Crippen MR) is 120 cm³/mol. The van der Waals surface area contributed by atoms with Gasteiger partial charge in [0.1, 0.15) is 17.4 Å². The van der Waals surface area contributed by atoms with E-state index in [9.17, 15) is 10.1 Å². The summed E-state index contributed by atoms with van der Waals surface area (Å²) in [5, 5.41) is 17.4. The summed E-state index contributed by atoms with van der Waals surface area (Å²) >= 11 is 0. The Balaban J connectivity index is 1.73. The van der Waals surface area contributed by atoms with Crippen LogP contribution in [0.5, 0.6) is 5.75 Å². The maximum atomic E-state index is 12.7. The highest BCUT2D eigenvalue weighted by molar-refractivity contribution is 6.02. The molecule has 1 amide bonds. The van der Waals surface area contributed by atoms with Gasteiger partial charge in [-0.1, -0.05) is 31.0 Å². The van der Waals surface area contributed by atoms with Crippen LogP contribution >= 0.6 is 0 Å². The lowest BCUT2D eigenvalue weighted by atomic mass is 10.1. The second-order valence-electron chi connectivity index (χ2n) is 7.57. The lowest BCUT2D eigenvalue weighted by Gasteiger charge is -2.10. The van der Waals surface area contributed by atoms with Crippen LogP contribution in [0.4, 0.5) is 0 Å². The molecule has 0 spiro atoms. The molecule has 0 atom stereocenters. The van der Waals surface area contributed by atoms with E-state index < -0.39 is 0 Å². The number of amides is 1. The van der Waals surface area contributed by atoms with Crippen LogP contribution in [0.2, 0.25) is 0 Å². The van der Waals surface area contributed by atoms with Crippen LogP contribution in [-0.4, -0.2) is 28.8 Å². The van der Waals surface area contributed by atoms with Crippen LogP contribution < -0.4 is 10.1 Å². The van der Waals surface area contributed by atoms with Gasteiger partial charge in [-0.25, -0.2) is 4.68 Å². The largest absolute Gasteiger partial charge is 0.497 e. The normalized spacial score (nSPS) is 14.3. The molecule has 156 valence electrons. The minimum atomic E-state index is -0.331. The molecule has 0 saturated heterocycles. The van der Waals surface area contributed by atoms with Crippen molar-refractivity contribution in [2.24, 2.45) is 0 Å². The molecule has 6 heteroatoms. The topological polar surface area (TPSA) is 79.9 Å². The van der Waals surface area contributed by atoms with E-state index in [0.29, 0.717) is 11.3 Å². The average Bonchev–Trinajstić information content (AvgIpc) is 3.48. The highest BCUT2D eigenvalue weighted by Crippen LogP contribution is 2.27. The van der Waals surface area contributed by atoms with Crippen molar-refractivity contribution in [3.05, 3.63) is 71.9 Å². The highest BCUT2D eigenvalue weighted by Gasteiger charge is 2.20. The van der Waals surface area contributed by atoms with Crippen molar-refractivity contribution >= 4 is 12.0 Å². The van der Waals surface area contributed by atoms with Gasteiger partial charge in [-0.15, -0.1) is 0 Å². The number of rotatable bonds is 6. The van der Waals surface area contributed by atoms with Gasteiger partial charge in [0.05, 0.1) is 18.5 Å². The van der Waals surface area contributed by atoms with Crippen LogP contribution in [0.3, 0.4) is 0 Å². The van der Waals surface area contributed by atoms with Crippen molar-refractivity contribution in [2.75, 3.05) is 7.11 Å². The Hall–Kier alpha value is -3.85. The van der Waals surface area contributed by atoms with E-state index in [1.807, 2.05) is 60.8 Å². The van der Waals surface area contributed by atoms with Gasteiger partial charge in [-0.05, 0) is 55.3 Å². The molecule has 1 fully saturated rings. The van der Waals surface area contributed by atoms with Gasteiger partial charge in [0.15, 0.2) is 0 Å². The molecule has 0 radical (unpaired) electrons. The van der Waals surface area contributed by atoms with Gasteiger partial charge >= 0.3 is 0 Å². The number of nitrogens with one attached hydrogen (secondary N) is 1. The molecule has 1 aromatic heterocycles. The summed E-state index contributed by atoms with van der Waals surface area (Å²) in [4.78, 5) is 12.7. The molecule has 1 aliphatic rings. The number of nitrogens with zero attached hydrogens (tertiary/aromatic N) is 3. The van der Waals surface area contributed by atoms with E-state index in [1.165, 1.54) is 0 Å². The Labute approximate surface area is 181 Å². The molecule has 0 bridgehead atoms. The third-order valence-electron chi connectivity index (χ3n) is 5.48. The Bertz CT molecular complexity index is 1120. The van der Waals surface area contributed by atoms with Crippen molar-refractivity contribution < 1.29 is 9.53 Å². The van der Waals surface area contributed by atoms with Gasteiger partial charge in [-0.2, -0.15) is 10.4 Å². The highest BCUT2D eigenvalue weighted by atomic mass is 16.5. The lowest BCUT2D eigenvalue weighted by Crippen LogP contribution is -2.33. The summed E-state index contributed by atoms with van der Waals surface area (Å²) < 4.78 is 7.01. The quantitative estimate of drug-likeness (QED) is 0.477. The van der Waals surface area contributed by atoms with Gasteiger partial charge in [0.25, 0.3) is 5.91 Å². The molecule has 4 rings (SSSR count). The zero-order chi connectivity index (χ0) is 21.6. The lowest BCUT2D eigenvalue weighted by molar-refractivity contribution is -0.117. The molecule has 0 aliphatic heterocycles. The van der Waals surface area contributed by atoms with Crippen LogP contribution in [0.25, 0.3) is 23.0 Å². The maximum absolute atomic E-state index is 12.7. The maximum Gasteiger partial charge on any atom is 0.262 e. The number of aromatic nitrogens is 2. The number of ether oxygens (including phenoxy) is 1. The standard InChI is InChI=1S/C25H24N4O2/c1-31-23-13-11-18(12-14-23)24-20(17-29(28-24)22-9-3-2-4-10-22)15-19(16-26)25(30)27-21-7-5-6-8-21/h2-4,9-15,17,21H,5-8H2,1H3,(H,27,30). The molecular weight excluding hydrogens is 388 g/mol. The van der Waals surface area contributed by atoms with Crippen LogP contribution in [0.15, 0.2) is 66.4 Å². The summed E-state index contributed by atoms with van der Waals surface area (Å²) in [7, 11) is 1.62. The van der Waals surface area contributed by atoms with Crippen LogP contribution in [0.1, 0.15) is 31.2 Å². The Morgan fingerprint density at radius 3 is 2.52 bits per heavy atom. The number of para-hydroxylation sites is 1. The molecule has 31 heavy (non-hydrogen) atoms. The number of hydrogen-bond acceptors (Lipinski definition) is 4. The van der Waals surface area contributed by atoms with Gasteiger partial charge in [-0.3, -0.25) is 4.79 Å². The molecule has 3 aromatic rings. The first kappa shape index (κ1) is 20.4. The van der Waals surface area contributed by atoms with Crippen molar-refractivity contribution in [1.82, 2.24) is 15.1 Å². The summed E-state index contributed by atoms with van der Waals surface area (Å²) in [5.74, 6) is 0.416. The molecule has 6 nitrogen and oxygen atoms in total. The van der Waals surface area contributed by atoms with Gasteiger partial charge < -0.3 is 10.1 Å². The number of hydrogen-bond donors (Lipinski definition) is 1. The Kier molecular flexibility index (Phi) is 6.13. The average molecular weight is 412 g/mol. The molecule has 1 aliphatic carbocycles. The first-order valence-electron chi connectivity index (χ1n) is 10.4. The number of carbonyl (C=O) groups is 1. The number of carbonyl (C=O) groups excluding carboxylic acids is 1.